The number of aromatic nitrogens is 4. The van der Waals surface area contributed by atoms with E-state index in [1.54, 1.807) is 27.9 Å². The van der Waals surface area contributed by atoms with Gasteiger partial charge in [-0.05, 0) is 38.0 Å². The Balaban J connectivity index is 1.42. The average Bonchev–Trinajstić information content (AvgIpc) is 3.43. The molecule has 5 heterocycles. The Bertz CT molecular complexity index is 1470. The summed E-state index contributed by atoms with van der Waals surface area (Å²) in [5.74, 6) is 0.143. The van der Waals surface area contributed by atoms with Gasteiger partial charge in [0.15, 0.2) is 0 Å². The van der Waals surface area contributed by atoms with E-state index >= 15 is 0 Å². The molecule has 1 saturated heterocycles. The molecule has 3 atom stereocenters. The molecule has 174 valence electrons. The largest absolute Gasteiger partial charge is 0.488 e. The van der Waals surface area contributed by atoms with Crippen molar-refractivity contribution in [2.45, 2.75) is 44.1 Å². The van der Waals surface area contributed by atoms with Crippen LogP contribution in [-0.2, 0) is 6.18 Å². The molecule has 1 amide bonds. The van der Waals surface area contributed by atoms with E-state index in [4.69, 9.17) is 10.5 Å². The molecular weight excluding hydrogens is 449 g/mol. The molecule has 0 spiro atoms. The summed E-state index contributed by atoms with van der Waals surface area (Å²) in [5.41, 5.74) is 7.73. The fourth-order valence-electron chi connectivity index (χ4n) is 5.01. The molecule has 0 radical (unpaired) electrons. The number of amides is 1. The first-order chi connectivity index (χ1) is 16.2. The minimum absolute atomic E-state index is 0.152. The summed E-state index contributed by atoms with van der Waals surface area (Å²) in [7, 11) is 0. The molecular formula is C23H19F3N6O2. The van der Waals surface area contributed by atoms with Gasteiger partial charge >= 0.3 is 6.18 Å². The van der Waals surface area contributed by atoms with Gasteiger partial charge in [-0.2, -0.15) is 13.2 Å². The van der Waals surface area contributed by atoms with E-state index in [0.29, 0.717) is 40.8 Å². The zero-order chi connectivity index (χ0) is 23.8. The lowest BCUT2D eigenvalue weighted by Crippen LogP contribution is -2.49. The number of nitrogens with zero attached hydrogens (tertiary/aromatic N) is 5. The second kappa shape index (κ2) is 7.05. The smallest absolute Gasteiger partial charge is 0.416 e. The van der Waals surface area contributed by atoms with E-state index in [0.717, 1.165) is 12.1 Å². The van der Waals surface area contributed by atoms with Crippen molar-refractivity contribution in [3.05, 3.63) is 59.8 Å². The lowest BCUT2D eigenvalue weighted by atomic mass is 9.90. The van der Waals surface area contributed by atoms with Gasteiger partial charge in [-0.25, -0.2) is 15.0 Å². The first-order valence-electron chi connectivity index (χ1n) is 10.8. The fourth-order valence-corrected chi connectivity index (χ4v) is 5.01. The number of pyridine rings is 1. The Hall–Kier alpha value is -3.89. The highest BCUT2D eigenvalue weighted by Crippen LogP contribution is 2.48. The summed E-state index contributed by atoms with van der Waals surface area (Å²) in [6.45, 7) is 1.92. The van der Waals surface area contributed by atoms with Crippen LogP contribution in [0.15, 0.2) is 43.0 Å². The summed E-state index contributed by atoms with van der Waals surface area (Å²) in [6, 6.07) is 4.45. The van der Waals surface area contributed by atoms with E-state index in [2.05, 4.69) is 15.0 Å². The quantitative estimate of drug-likeness (QED) is 0.453. The predicted octanol–water partition coefficient (Wildman–Crippen LogP) is 4.01. The van der Waals surface area contributed by atoms with Gasteiger partial charge in [0, 0.05) is 11.6 Å². The Morgan fingerprint density at radius 3 is 2.79 bits per heavy atom. The number of imidazole rings is 1. The summed E-state index contributed by atoms with van der Waals surface area (Å²) < 4.78 is 47.3. The number of nitrogens with two attached hydrogens (primary N) is 1. The zero-order valence-corrected chi connectivity index (χ0v) is 18.0. The third-order valence-electron chi connectivity index (χ3n) is 6.65. The van der Waals surface area contributed by atoms with Crippen molar-refractivity contribution in [1.29, 1.82) is 0 Å². The number of piperidine rings is 1. The fraction of sp³-hybridized carbons (Fsp3) is 0.304. The first-order valence-corrected chi connectivity index (χ1v) is 10.8. The number of carbonyl (C=O) groups excluding carboxylic acids is 1. The third kappa shape index (κ3) is 2.99. The molecule has 8 nitrogen and oxygen atoms in total. The number of ether oxygens (including phenoxy) is 1. The number of rotatable bonds is 1. The molecule has 2 aliphatic heterocycles. The minimum Gasteiger partial charge on any atom is -0.488 e. The number of benzene rings is 1. The number of nitrogen functional groups attached to an aromatic ring is 1. The van der Waals surface area contributed by atoms with Crippen LogP contribution >= 0.6 is 0 Å². The van der Waals surface area contributed by atoms with Gasteiger partial charge in [0.05, 0.1) is 35.8 Å². The van der Waals surface area contributed by atoms with Gasteiger partial charge in [0.1, 0.15) is 34.4 Å². The van der Waals surface area contributed by atoms with Crippen LogP contribution in [0.3, 0.4) is 0 Å². The first kappa shape index (κ1) is 20.7. The monoisotopic (exact) mass is 468 g/mol. The third-order valence-corrected chi connectivity index (χ3v) is 6.65. The standard InChI is InChI=1S/C23H19F3N6O2/c1-11-2-5-18-20(13-4-3-12(23(24,25)26)6-19(13)34-18)32(11)22(33)14-7-16-15(8-29-14)30-21(27)17-9-28-10-31(16)17/h3-4,6-11,18,20H,2,5H2,1H3,(H2,27,30). The van der Waals surface area contributed by atoms with Crippen LogP contribution in [0.1, 0.15) is 47.4 Å². The highest BCUT2D eigenvalue weighted by Gasteiger charge is 2.47. The van der Waals surface area contributed by atoms with Crippen LogP contribution in [-0.4, -0.2) is 42.3 Å². The lowest BCUT2D eigenvalue weighted by molar-refractivity contribution is -0.137. The number of hydrogen-bond acceptors (Lipinski definition) is 6. The summed E-state index contributed by atoms with van der Waals surface area (Å²) in [5, 5.41) is 0. The van der Waals surface area contributed by atoms with Crippen LogP contribution in [0.5, 0.6) is 5.75 Å². The molecule has 1 aromatic carbocycles. The Labute approximate surface area is 191 Å². The van der Waals surface area contributed by atoms with E-state index in [1.807, 2.05) is 6.92 Å². The molecule has 4 aromatic rings. The average molecular weight is 468 g/mol. The highest BCUT2D eigenvalue weighted by atomic mass is 19.4. The molecule has 2 N–H and O–H groups in total. The van der Waals surface area contributed by atoms with Crippen LogP contribution in [0, 0.1) is 0 Å². The number of halogens is 3. The number of likely N-dealkylation sites (tertiary alicyclic amines) is 1. The Kier molecular flexibility index (Phi) is 4.29. The van der Waals surface area contributed by atoms with E-state index in [9.17, 15) is 18.0 Å². The lowest BCUT2D eigenvalue weighted by Gasteiger charge is -2.41. The zero-order valence-electron chi connectivity index (χ0n) is 18.0. The minimum atomic E-state index is -4.47. The van der Waals surface area contributed by atoms with Crippen LogP contribution in [0.2, 0.25) is 0 Å². The van der Waals surface area contributed by atoms with Gasteiger partial charge in [-0.1, -0.05) is 6.07 Å². The van der Waals surface area contributed by atoms with Crippen LogP contribution in [0.25, 0.3) is 16.6 Å². The van der Waals surface area contributed by atoms with Crippen molar-refractivity contribution in [2.75, 3.05) is 5.73 Å². The Morgan fingerprint density at radius 1 is 1.18 bits per heavy atom. The molecule has 3 unspecified atom stereocenters. The van der Waals surface area contributed by atoms with E-state index < -0.39 is 23.9 Å². The molecule has 0 aliphatic carbocycles. The van der Waals surface area contributed by atoms with Crippen molar-refractivity contribution in [3.8, 4) is 5.75 Å². The summed E-state index contributed by atoms with van der Waals surface area (Å²) in [4.78, 5) is 28.2. The number of anilines is 1. The topological polar surface area (TPSA) is 98.6 Å². The van der Waals surface area contributed by atoms with Gasteiger partial charge in [-0.15, -0.1) is 0 Å². The molecule has 3 aromatic heterocycles. The Morgan fingerprint density at radius 2 is 2.00 bits per heavy atom. The van der Waals surface area contributed by atoms with E-state index in [1.165, 1.54) is 12.3 Å². The predicted molar refractivity (Wildman–Crippen MR) is 116 cm³/mol. The highest BCUT2D eigenvalue weighted by molar-refractivity contribution is 5.96. The second-order valence-corrected chi connectivity index (χ2v) is 8.69. The summed E-state index contributed by atoms with van der Waals surface area (Å²) in [6.07, 6.45) is 1.06. The van der Waals surface area contributed by atoms with Gasteiger partial charge in [0.2, 0.25) is 0 Å². The van der Waals surface area contributed by atoms with Crippen LogP contribution < -0.4 is 10.5 Å². The number of carbonyl (C=O) groups is 1. The van der Waals surface area contributed by atoms with Crippen molar-refractivity contribution in [1.82, 2.24) is 24.3 Å². The SMILES string of the molecule is CC1CCC2Oc3cc(C(F)(F)F)ccc3C2N1C(=O)c1cc2c(cn1)nc(N)c1cncn12. The molecule has 6 rings (SSSR count). The number of hydrogen-bond donors (Lipinski definition) is 1. The van der Waals surface area contributed by atoms with Crippen molar-refractivity contribution in [2.24, 2.45) is 0 Å². The van der Waals surface area contributed by atoms with Crippen LogP contribution in [0.4, 0.5) is 19.0 Å². The van der Waals surface area contributed by atoms with Crippen molar-refractivity contribution in [3.63, 3.8) is 0 Å². The number of fused-ring (bicyclic) bond motifs is 6. The molecule has 0 bridgehead atoms. The molecule has 11 heteroatoms. The molecule has 1 fully saturated rings. The van der Waals surface area contributed by atoms with Crippen molar-refractivity contribution >= 4 is 28.3 Å². The normalized spacial score (nSPS) is 22.0. The maximum Gasteiger partial charge on any atom is 0.416 e. The molecule has 2 aliphatic rings. The number of alkyl halides is 3. The maximum atomic E-state index is 13.7. The van der Waals surface area contributed by atoms with Gasteiger partial charge in [-0.3, -0.25) is 9.20 Å². The molecule has 0 saturated carbocycles. The van der Waals surface area contributed by atoms with Crippen molar-refractivity contribution < 1.29 is 22.7 Å². The maximum absolute atomic E-state index is 13.7. The summed E-state index contributed by atoms with van der Waals surface area (Å²) >= 11 is 0. The second-order valence-electron chi connectivity index (χ2n) is 8.69. The molecule has 34 heavy (non-hydrogen) atoms. The van der Waals surface area contributed by atoms with Gasteiger partial charge in [0.25, 0.3) is 5.91 Å². The van der Waals surface area contributed by atoms with E-state index in [-0.39, 0.29) is 23.4 Å². The van der Waals surface area contributed by atoms with Gasteiger partial charge < -0.3 is 15.4 Å².